The van der Waals surface area contributed by atoms with Gasteiger partial charge in [0.05, 0.1) is 0 Å². The summed E-state index contributed by atoms with van der Waals surface area (Å²) in [5.74, 6) is 0. The van der Waals surface area contributed by atoms with E-state index in [0.29, 0.717) is 6.04 Å². The fourth-order valence-corrected chi connectivity index (χ4v) is 3.65. The van der Waals surface area contributed by atoms with Gasteiger partial charge in [-0.1, -0.05) is 6.42 Å². The second-order valence-corrected chi connectivity index (χ2v) is 6.08. The lowest BCUT2D eigenvalue weighted by atomic mass is 9.96. The summed E-state index contributed by atoms with van der Waals surface area (Å²) in [7, 11) is -2.36. The Morgan fingerprint density at radius 3 is 1.80 bits per heavy atom. The molecule has 8 heteroatoms. The van der Waals surface area contributed by atoms with Crippen molar-refractivity contribution in [2.45, 2.75) is 43.4 Å². The molecule has 0 N–H and O–H groups in total. The van der Waals surface area contributed by atoms with Gasteiger partial charge in [-0.25, -0.2) is 0 Å². The van der Waals surface area contributed by atoms with Crippen molar-refractivity contribution in [1.29, 1.82) is 0 Å². The first kappa shape index (κ1) is 12.8. The van der Waals surface area contributed by atoms with Gasteiger partial charge in [-0.2, -0.15) is 26.3 Å². The fraction of sp³-hybridized carbons (Fsp3) is 1.00. The molecule has 90 valence electrons. The Morgan fingerprint density at radius 2 is 1.53 bits per heavy atom. The van der Waals surface area contributed by atoms with Crippen molar-refractivity contribution >= 4 is 9.04 Å². The first-order valence-electron chi connectivity index (χ1n) is 4.41. The first-order chi connectivity index (χ1) is 6.60. The Balaban J connectivity index is 3.07. The molecule has 0 aromatic heterocycles. The van der Waals surface area contributed by atoms with E-state index < -0.39 is 33.4 Å². The predicted octanol–water partition coefficient (Wildman–Crippen LogP) is 3.01. The van der Waals surface area contributed by atoms with E-state index in [9.17, 15) is 26.3 Å². The van der Waals surface area contributed by atoms with E-state index in [0.717, 1.165) is 0 Å². The normalized spacial score (nSPS) is 27.8. The molecule has 0 spiro atoms. The number of rotatable bonds is 0. The molecule has 0 amide bonds. The van der Waals surface area contributed by atoms with Gasteiger partial charge in [-0.15, -0.1) is 0 Å². The molecule has 0 aromatic rings. The third-order valence-electron chi connectivity index (χ3n) is 2.46. The van der Waals surface area contributed by atoms with Crippen LogP contribution < -0.4 is 0 Å². The van der Waals surface area contributed by atoms with Gasteiger partial charge in [-0.05, 0) is 19.0 Å². The molecule has 1 aliphatic heterocycles. The van der Waals surface area contributed by atoms with Crippen molar-refractivity contribution in [3.05, 3.63) is 0 Å². The first-order valence-corrected chi connectivity index (χ1v) is 6.86. The minimum atomic E-state index is -5.38. The van der Waals surface area contributed by atoms with Crippen LogP contribution in [0.2, 0.25) is 12.6 Å². The number of alkyl halides is 6. The largest absolute Gasteiger partial charge is 0.425 e. The second-order valence-electron chi connectivity index (χ2n) is 3.64. The minimum absolute atomic E-state index is 0.0770. The summed E-state index contributed by atoms with van der Waals surface area (Å²) >= 11 is 0. The molecule has 0 aromatic carbocycles. The van der Waals surface area contributed by atoms with Crippen LogP contribution in [0.15, 0.2) is 0 Å². The van der Waals surface area contributed by atoms with E-state index in [1.54, 1.807) is 0 Å². The molecular weight excluding hydrogens is 242 g/mol. The molecule has 1 heterocycles. The smallest absolute Gasteiger partial charge is 0.400 e. The number of hydrogen-bond donors (Lipinski definition) is 0. The average molecular weight is 252 g/mol. The fourth-order valence-electron chi connectivity index (χ4n) is 1.68. The summed E-state index contributed by atoms with van der Waals surface area (Å²) in [5, 5.41) is 0. The van der Waals surface area contributed by atoms with Crippen molar-refractivity contribution in [1.82, 2.24) is 0 Å². The maximum Gasteiger partial charge on any atom is 0.425 e. The molecule has 15 heavy (non-hydrogen) atoms. The Morgan fingerprint density at radius 1 is 1.07 bits per heavy atom. The summed E-state index contributed by atoms with van der Waals surface area (Å²) in [6.45, 7) is 1.35. The van der Waals surface area contributed by atoms with Crippen LogP contribution >= 0.6 is 0 Å². The zero-order valence-electron chi connectivity index (χ0n) is 7.87. The van der Waals surface area contributed by atoms with Crippen molar-refractivity contribution in [2.75, 3.05) is 0 Å². The van der Waals surface area contributed by atoms with Crippen LogP contribution in [0.5, 0.6) is 0 Å². The van der Waals surface area contributed by atoms with Gasteiger partial charge in [0.25, 0.3) is 0 Å². The van der Waals surface area contributed by atoms with Gasteiger partial charge in [0, 0.05) is 0 Å². The third-order valence-corrected chi connectivity index (χ3v) is 4.48. The Labute approximate surface area is 84.1 Å². The maximum atomic E-state index is 12.4. The summed E-state index contributed by atoms with van der Waals surface area (Å²) in [6.07, 6.45) is -11.9. The van der Waals surface area contributed by atoms with Crippen LogP contribution in [0.4, 0.5) is 26.3 Å². The molecule has 1 nitrogen and oxygen atoms in total. The van der Waals surface area contributed by atoms with E-state index >= 15 is 0 Å². The van der Waals surface area contributed by atoms with E-state index in [4.69, 9.17) is 0 Å². The van der Waals surface area contributed by atoms with Gasteiger partial charge < -0.3 is 4.43 Å². The lowest BCUT2D eigenvalue weighted by molar-refractivity contribution is -0.363. The van der Waals surface area contributed by atoms with E-state index in [2.05, 4.69) is 4.43 Å². The minimum Gasteiger partial charge on any atom is -0.400 e. The van der Waals surface area contributed by atoms with Crippen LogP contribution in [0.3, 0.4) is 0 Å². The molecular formula is C7H10F6OSi. The topological polar surface area (TPSA) is 9.23 Å². The van der Waals surface area contributed by atoms with E-state index in [-0.39, 0.29) is 6.42 Å². The highest BCUT2D eigenvalue weighted by Crippen LogP contribution is 2.51. The molecule has 1 aliphatic rings. The zero-order chi connectivity index (χ0) is 11.9. The number of hydrogen-bond acceptors (Lipinski definition) is 1. The summed E-state index contributed by atoms with van der Waals surface area (Å²) in [4.78, 5) is 0. The van der Waals surface area contributed by atoms with Crippen LogP contribution in [-0.4, -0.2) is 27.0 Å². The van der Waals surface area contributed by atoms with Crippen LogP contribution in [0.1, 0.15) is 12.8 Å². The second kappa shape index (κ2) is 3.65. The third kappa shape index (κ3) is 2.15. The van der Waals surface area contributed by atoms with Gasteiger partial charge in [0.2, 0.25) is 5.60 Å². The highest BCUT2D eigenvalue weighted by molar-refractivity contribution is 6.50. The van der Waals surface area contributed by atoms with Gasteiger partial charge in [0.1, 0.15) is 0 Å². The molecule has 1 unspecified atom stereocenters. The Kier molecular flexibility index (Phi) is 3.12. The summed E-state index contributed by atoms with van der Waals surface area (Å²) in [5.41, 5.74) is -3.91. The lowest BCUT2D eigenvalue weighted by Crippen LogP contribution is -2.62. The lowest BCUT2D eigenvalue weighted by Gasteiger charge is -2.42. The van der Waals surface area contributed by atoms with Crippen LogP contribution in [0.25, 0.3) is 0 Å². The molecule has 0 aliphatic carbocycles. The van der Waals surface area contributed by atoms with Crippen molar-refractivity contribution in [3.63, 3.8) is 0 Å². The van der Waals surface area contributed by atoms with Crippen molar-refractivity contribution in [2.24, 2.45) is 0 Å². The molecule has 0 saturated carbocycles. The van der Waals surface area contributed by atoms with Crippen molar-refractivity contribution < 1.29 is 30.8 Å². The zero-order valence-corrected chi connectivity index (χ0v) is 9.03. The SMILES string of the molecule is C[SiH]1CCCC(C(F)(F)F)(C(F)(F)F)O1. The average Bonchev–Trinajstić information content (AvgIpc) is 1.99. The molecule has 0 radical (unpaired) electrons. The highest BCUT2D eigenvalue weighted by Gasteiger charge is 2.72. The highest BCUT2D eigenvalue weighted by atomic mass is 28.3. The molecule has 1 rings (SSSR count). The van der Waals surface area contributed by atoms with Crippen LogP contribution in [0, 0.1) is 0 Å². The van der Waals surface area contributed by atoms with Crippen LogP contribution in [-0.2, 0) is 4.43 Å². The predicted molar refractivity (Wildman–Crippen MR) is 43.0 cm³/mol. The van der Waals surface area contributed by atoms with Gasteiger partial charge in [-0.3, -0.25) is 0 Å². The van der Waals surface area contributed by atoms with Gasteiger partial charge in [0.15, 0.2) is 9.04 Å². The molecule has 0 bridgehead atoms. The molecule has 1 saturated heterocycles. The maximum absolute atomic E-state index is 12.4. The Hall–Kier alpha value is -0.243. The standard InChI is InChI=1S/C7H10F6OSi/c1-15-4-2-3-5(14-15,6(8,9)10)7(11,12)13/h15H,2-4H2,1H3. The van der Waals surface area contributed by atoms with Gasteiger partial charge >= 0.3 is 12.4 Å². The number of halogens is 6. The molecule has 1 fully saturated rings. The van der Waals surface area contributed by atoms with E-state index in [1.165, 1.54) is 6.55 Å². The Bertz CT molecular complexity index is 221. The quantitative estimate of drug-likeness (QED) is 0.475. The molecule has 1 atom stereocenters. The monoisotopic (exact) mass is 252 g/mol. The summed E-state index contributed by atoms with van der Waals surface area (Å²) < 4.78 is 78.9. The van der Waals surface area contributed by atoms with E-state index in [1.807, 2.05) is 0 Å². The summed E-state index contributed by atoms with van der Waals surface area (Å²) in [6, 6.07) is 0.355. The van der Waals surface area contributed by atoms with Crippen molar-refractivity contribution in [3.8, 4) is 0 Å².